The molecule has 3 N–H and O–H groups in total. The number of primary amides is 1. The lowest BCUT2D eigenvalue weighted by Crippen LogP contribution is -2.20. The number of hydrogen-bond acceptors (Lipinski definition) is 3. The maximum Gasteiger partial charge on any atom is 0.251 e. The number of aryl methyl sites for hydroxylation is 3. The standard InChI is InChI=1S/C19H22N2O3/c1-12-7-8-15(11-14(12)3)24-10-9-17(22)21-16-6-4-5-13(2)18(16)19(20)23/h4-8,11H,9-10H2,1-3H3,(H2,20,23)(H,21,22). The van der Waals surface area contributed by atoms with Crippen LogP contribution in [-0.4, -0.2) is 18.4 Å². The molecule has 0 aliphatic rings. The molecule has 2 amide bonds. The van der Waals surface area contributed by atoms with Crippen LogP contribution in [0, 0.1) is 20.8 Å². The second kappa shape index (κ2) is 7.64. The monoisotopic (exact) mass is 326 g/mol. The van der Waals surface area contributed by atoms with Crippen molar-refractivity contribution < 1.29 is 14.3 Å². The molecule has 0 radical (unpaired) electrons. The third kappa shape index (κ3) is 4.35. The molecule has 0 spiro atoms. The minimum absolute atomic E-state index is 0.180. The quantitative estimate of drug-likeness (QED) is 0.855. The number of amides is 2. The summed E-state index contributed by atoms with van der Waals surface area (Å²) in [6, 6.07) is 11.0. The number of hydrogen-bond donors (Lipinski definition) is 2. The highest BCUT2D eigenvalue weighted by Crippen LogP contribution is 2.19. The molecule has 0 saturated heterocycles. The largest absolute Gasteiger partial charge is 0.493 e. The highest BCUT2D eigenvalue weighted by Gasteiger charge is 2.13. The number of ether oxygens (including phenoxy) is 1. The molecule has 0 fully saturated rings. The normalized spacial score (nSPS) is 10.3. The minimum Gasteiger partial charge on any atom is -0.493 e. The Bertz CT molecular complexity index is 769. The van der Waals surface area contributed by atoms with Crippen molar-refractivity contribution in [1.29, 1.82) is 0 Å². The van der Waals surface area contributed by atoms with E-state index in [0.717, 1.165) is 16.9 Å². The van der Waals surface area contributed by atoms with Gasteiger partial charge in [0.1, 0.15) is 5.75 Å². The van der Waals surface area contributed by atoms with E-state index < -0.39 is 5.91 Å². The lowest BCUT2D eigenvalue weighted by Gasteiger charge is -2.12. The van der Waals surface area contributed by atoms with Gasteiger partial charge in [0.15, 0.2) is 0 Å². The Labute approximate surface area is 141 Å². The second-order valence-corrected chi connectivity index (χ2v) is 5.75. The zero-order valence-corrected chi connectivity index (χ0v) is 14.2. The van der Waals surface area contributed by atoms with E-state index in [1.807, 2.05) is 32.0 Å². The molecule has 0 heterocycles. The van der Waals surface area contributed by atoms with E-state index in [1.165, 1.54) is 5.56 Å². The third-order valence-electron chi connectivity index (χ3n) is 3.87. The molecular weight excluding hydrogens is 304 g/mol. The Hall–Kier alpha value is -2.82. The summed E-state index contributed by atoms with van der Waals surface area (Å²) >= 11 is 0. The molecule has 2 rings (SSSR count). The molecule has 2 aromatic rings. The Morgan fingerprint density at radius 2 is 1.79 bits per heavy atom. The zero-order chi connectivity index (χ0) is 17.7. The van der Waals surface area contributed by atoms with Gasteiger partial charge in [0.05, 0.1) is 24.3 Å². The van der Waals surface area contributed by atoms with E-state index in [2.05, 4.69) is 5.32 Å². The molecule has 5 heteroatoms. The first-order chi connectivity index (χ1) is 11.4. The van der Waals surface area contributed by atoms with Gasteiger partial charge in [-0.3, -0.25) is 9.59 Å². The van der Waals surface area contributed by atoms with E-state index in [-0.39, 0.29) is 18.9 Å². The summed E-state index contributed by atoms with van der Waals surface area (Å²) in [6.45, 7) is 6.08. The summed E-state index contributed by atoms with van der Waals surface area (Å²) in [4.78, 5) is 23.6. The topological polar surface area (TPSA) is 81.4 Å². The minimum atomic E-state index is -0.560. The fraction of sp³-hybridized carbons (Fsp3) is 0.263. The van der Waals surface area contributed by atoms with Crippen LogP contribution in [0.25, 0.3) is 0 Å². The van der Waals surface area contributed by atoms with Crippen molar-refractivity contribution >= 4 is 17.5 Å². The van der Waals surface area contributed by atoms with Gasteiger partial charge in [0.25, 0.3) is 5.91 Å². The van der Waals surface area contributed by atoms with Crippen LogP contribution in [0.3, 0.4) is 0 Å². The van der Waals surface area contributed by atoms with Crippen LogP contribution in [0.15, 0.2) is 36.4 Å². The summed E-state index contributed by atoms with van der Waals surface area (Å²) in [5, 5.41) is 2.72. The van der Waals surface area contributed by atoms with Gasteiger partial charge in [-0.25, -0.2) is 0 Å². The van der Waals surface area contributed by atoms with Crippen molar-refractivity contribution in [2.75, 3.05) is 11.9 Å². The van der Waals surface area contributed by atoms with Crippen molar-refractivity contribution in [3.8, 4) is 5.75 Å². The van der Waals surface area contributed by atoms with Crippen LogP contribution >= 0.6 is 0 Å². The van der Waals surface area contributed by atoms with E-state index in [9.17, 15) is 9.59 Å². The SMILES string of the molecule is Cc1ccc(OCCC(=O)Nc2cccc(C)c2C(N)=O)cc1C. The molecule has 0 saturated carbocycles. The predicted molar refractivity (Wildman–Crippen MR) is 94.4 cm³/mol. The molecule has 2 aromatic carbocycles. The van der Waals surface area contributed by atoms with E-state index in [1.54, 1.807) is 25.1 Å². The lowest BCUT2D eigenvalue weighted by molar-refractivity contribution is -0.116. The first-order valence-corrected chi connectivity index (χ1v) is 7.78. The van der Waals surface area contributed by atoms with Gasteiger partial charge in [-0.2, -0.15) is 0 Å². The molecule has 0 aromatic heterocycles. The number of anilines is 1. The third-order valence-corrected chi connectivity index (χ3v) is 3.87. The van der Waals surface area contributed by atoms with Crippen molar-refractivity contribution in [2.24, 2.45) is 5.73 Å². The number of nitrogens with two attached hydrogens (primary N) is 1. The zero-order valence-electron chi connectivity index (χ0n) is 14.2. The molecule has 0 unspecified atom stereocenters. The first-order valence-electron chi connectivity index (χ1n) is 7.78. The molecule has 5 nitrogen and oxygen atoms in total. The fourth-order valence-electron chi connectivity index (χ4n) is 2.38. The highest BCUT2D eigenvalue weighted by molar-refractivity contribution is 6.04. The van der Waals surface area contributed by atoms with Gasteiger partial charge in [0, 0.05) is 0 Å². The summed E-state index contributed by atoms with van der Waals surface area (Å²) in [6.07, 6.45) is 0.180. The van der Waals surface area contributed by atoms with Crippen molar-refractivity contribution in [3.05, 3.63) is 58.7 Å². The summed E-state index contributed by atoms with van der Waals surface area (Å²) in [7, 11) is 0. The summed E-state index contributed by atoms with van der Waals surface area (Å²) < 4.78 is 5.60. The van der Waals surface area contributed by atoms with Crippen molar-refractivity contribution in [3.63, 3.8) is 0 Å². The van der Waals surface area contributed by atoms with Gasteiger partial charge >= 0.3 is 0 Å². The number of rotatable bonds is 6. The van der Waals surface area contributed by atoms with E-state index >= 15 is 0 Å². The van der Waals surface area contributed by atoms with E-state index in [0.29, 0.717) is 11.3 Å². The van der Waals surface area contributed by atoms with Gasteiger partial charge in [-0.15, -0.1) is 0 Å². The molecule has 0 atom stereocenters. The van der Waals surface area contributed by atoms with Crippen molar-refractivity contribution in [1.82, 2.24) is 0 Å². The maximum atomic E-state index is 12.1. The number of carbonyl (C=O) groups is 2. The Kier molecular flexibility index (Phi) is 5.58. The lowest BCUT2D eigenvalue weighted by atomic mass is 10.1. The fourth-order valence-corrected chi connectivity index (χ4v) is 2.38. The van der Waals surface area contributed by atoms with Gasteiger partial charge in [0.2, 0.25) is 5.91 Å². The smallest absolute Gasteiger partial charge is 0.251 e. The maximum absolute atomic E-state index is 12.1. The average molecular weight is 326 g/mol. The molecule has 126 valence electrons. The average Bonchev–Trinajstić information content (AvgIpc) is 2.50. The Morgan fingerprint density at radius 3 is 2.46 bits per heavy atom. The molecule has 24 heavy (non-hydrogen) atoms. The van der Waals surface area contributed by atoms with Crippen LogP contribution in [-0.2, 0) is 4.79 Å². The molecule has 0 aliphatic heterocycles. The van der Waals surface area contributed by atoms with Gasteiger partial charge < -0.3 is 15.8 Å². The number of benzene rings is 2. The van der Waals surface area contributed by atoms with Gasteiger partial charge in [-0.05, 0) is 55.7 Å². The molecular formula is C19H22N2O3. The summed E-state index contributed by atoms with van der Waals surface area (Å²) in [5.41, 5.74) is 9.21. The first kappa shape index (κ1) is 17.5. The second-order valence-electron chi connectivity index (χ2n) is 5.75. The number of nitrogens with one attached hydrogen (secondary N) is 1. The van der Waals surface area contributed by atoms with Crippen molar-refractivity contribution in [2.45, 2.75) is 27.2 Å². The van der Waals surface area contributed by atoms with Crippen LogP contribution in [0.1, 0.15) is 33.5 Å². The van der Waals surface area contributed by atoms with Crippen LogP contribution in [0.4, 0.5) is 5.69 Å². The van der Waals surface area contributed by atoms with Crippen LogP contribution in [0.2, 0.25) is 0 Å². The molecule has 0 bridgehead atoms. The van der Waals surface area contributed by atoms with Crippen LogP contribution in [0.5, 0.6) is 5.75 Å². The highest BCUT2D eigenvalue weighted by atomic mass is 16.5. The Balaban J connectivity index is 1.93. The van der Waals surface area contributed by atoms with Crippen LogP contribution < -0.4 is 15.8 Å². The predicted octanol–water partition coefficient (Wildman–Crippen LogP) is 3.12. The summed E-state index contributed by atoms with van der Waals surface area (Å²) in [5.74, 6) is -0.0546. The molecule has 0 aliphatic carbocycles. The van der Waals surface area contributed by atoms with E-state index in [4.69, 9.17) is 10.5 Å². The van der Waals surface area contributed by atoms with Gasteiger partial charge in [-0.1, -0.05) is 18.2 Å². The number of carbonyl (C=O) groups excluding carboxylic acids is 2. The Morgan fingerprint density at radius 1 is 1.04 bits per heavy atom.